The van der Waals surface area contributed by atoms with Crippen molar-refractivity contribution in [1.29, 1.82) is 0 Å². The van der Waals surface area contributed by atoms with E-state index in [0.717, 1.165) is 0 Å². The van der Waals surface area contributed by atoms with Crippen molar-refractivity contribution in [3.63, 3.8) is 0 Å². The molecular weight excluding hydrogens is 284 g/mol. The zero-order valence-electron chi connectivity index (χ0n) is 15.1. The minimum atomic E-state index is -0.432. The third kappa shape index (κ3) is 6.13. The lowest BCUT2D eigenvalue weighted by Gasteiger charge is -2.43. The minimum Gasteiger partial charge on any atom is -0.391 e. The summed E-state index contributed by atoms with van der Waals surface area (Å²) in [6, 6.07) is 0. The van der Waals surface area contributed by atoms with E-state index in [-0.39, 0.29) is 23.0 Å². The third-order valence-electron chi connectivity index (χ3n) is 4.15. The van der Waals surface area contributed by atoms with Crippen LogP contribution in [0.5, 0.6) is 0 Å². The molecule has 1 N–H and O–H groups in total. The molecule has 0 radical (unpaired) electrons. The van der Waals surface area contributed by atoms with Crippen LogP contribution in [0.4, 0.5) is 0 Å². The fourth-order valence-corrected chi connectivity index (χ4v) is 2.45. The van der Waals surface area contributed by atoms with E-state index in [0.29, 0.717) is 39.6 Å². The van der Waals surface area contributed by atoms with Crippen molar-refractivity contribution in [2.75, 3.05) is 39.6 Å². The molecule has 0 bridgehead atoms. The van der Waals surface area contributed by atoms with Crippen LogP contribution in [0.1, 0.15) is 41.5 Å². The van der Waals surface area contributed by atoms with Gasteiger partial charge >= 0.3 is 0 Å². The molecule has 5 nitrogen and oxygen atoms in total. The van der Waals surface area contributed by atoms with Gasteiger partial charge in [-0.05, 0) is 19.3 Å². The second-order valence-electron chi connectivity index (χ2n) is 7.67. The van der Waals surface area contributed by atoms with Crippen molar-refractivity contribution < 1.29 is 24.1 Å². The zero-order valence-corrected chi connectivity index (χ0v) is 15.1. The van der Waals surface area contributed by atoms with Crippen LogP contribution in [-0.2, 0) is 18.9 Å². The molecule has 0 spiro atoms. The number of aliphatic hydroxyl groups is 1. The first kappa shape index (κ1) is 19.8. The van der Waals surface area contributed by atoms with Gasteiger partial charge in [0.05, 0.1) is 39.1 Å². The average Bonchev–Trinajstić information content (AvgIpc) is 2.44. The van der Waals surface area contributed by atoms with Crippen LogP contribution in [0.25, 0.3) is 0 Å². The Bertz CT molecular complexity index is 306. The number of rotatable bonds is 9. The Labute approximate surface area is 135 Å². The molecule has 1 unspecified atom stereocenters. The fraction of sp³-hybridized carbons (Fsp3) is 1.00. The molecule has 0 saturated carbocycles. The smallest absolute Gasteiger partial charge is 0.164 e. The van der Waals surface area contributed by atoms with E-state index < -0.39 is 6.10 Å². The number of hydrogen-bond acceptors (Lipinski definition) is 5. The summed E-state index contributed by atoms with van der Waals surface area (Å²) in [4.78, 5) is 0. The lowest BCUT2D eigenvalue weighted by atomic mass is 9.79. The normalized spacial score (nSPS) is 25.2. The van der Waals surface area contributed by atoms with Gasteiger partial charge in [0.25, 0.3) is 0 Å². The molecule has 0 aromatic rings. The van der Waals surface area contributed by atoms with Gasteiger partial charge in [0, 0.05) is 17.9 Å². The maximum Gasteiger partial charge on any atom is 0.164 e. The second kappa shape index (κ2) is 8.60. The van der Waals surface area contributed by atoms with Gasteiger partial charge in [-0.1, -0.05) is 27.7 Å². The molecule has 0 aromatic heterocycles. The number of ether oxygens (including phenoxy) is 4. The Morgan fingerprint density at radius 1 is 1.05 bits per heavy atom. The molecular formula is C17H34O5. The molecule has 1 atom stereocenters. The van der Waals surface area contributed by atoms with Crippen LogP contribution >= 0.6 is 0 Å². The summed E-state index contributed by atoms with van der Waals surface area (Å²) in [5.41, 5.74) is -0.210. The molecule has 5 heteroatoms. The first-order valence-electron chi connectivity index (χ1n) is 8.26. The monoisotopic (exact) mass is 318 g/mol. The van der Waals surface area contributed by atoms with E-state index in [1.165, 1.54) is 0 Å². The lowest BCUT2D eigenvalue weighted by molar-refractivity contribution is -0.267. The van der Waals surface area contributed by atoms with E-state index in [1.54, 1.807) is 6.92 Å². The molecule has 22 heavy (non-hydrogen) atoms. The maximum atomic E-state index is 9.27. The highest BCUT2D eigenvalue weighted by Crippen LogP contribution is 2.35. The first-order valence-corrected chi connectivity index (χ1v) is 8.26. The molecule has 0 amide bonds. The topological polar surface area (TPSA) is 57.2 Å². The van der Waals surface area contributed by atoms with Gasteiger partial charge in [-0.2, -0.15) is 0 Å². The molecule has 1 heterocycles. The van der Waals surface area contributed by atoms with Crippen LogP contribution in [0, 0.1) is 16.7 Å². The van der Waals surface area contributed by atoms with Crippen molar-refractivity contribution in [1.82, 2.24) is 0 Å². The molecule has 1 aliphatic heterocycles. The SMILES string of the molecule is CCOCC(C)(C)C1OCC(C(C)(C)COCC(C)O)CO1. The van der Waals surface area contributed by atoms with Crippen LogP contribution in [0.3, 0.4) is 0 Å². The predicted octanol–water partition coefficient (Wildman–Crippen LogP) is 2.46. The standard InChI is InChI=1S/C17H34O5/c1-7-19-12-17(5,6)15-21-9-14(10-22-15)16(3,4)11-20-8-13(2)18/h13-15,18H,7-12H2,1-6H3. The van der Waals surface area contributed by atoms with Crippen molar-refractivity contribution in [3.8, 4) is 0 Å². The van der Waals surface area contributed by atoms with E-state index in [2.05, 4.69) is 27.7 Å². The Morgan fingerprint density at radius 3 is 2.09 bits per heavy atom. The lowest BCUT2D eigenvalue weighted by Crippen LogP contribution is -2.48. The number of hydrogen-bond donors (Lipinski definition) is 1. The maximum absolute atomic E-state index is 9.27. The molecule has 0 aromatic carbocycles. The van der Waals surface area contributed by atoms with Gasteiger partial charge in [0.15, 0.2) is 6.29 Å². The highest BCUT2D eigenvalue weighted by atomic mass is 16.7. The summed E-state index contributed by atoms with van der Waals surface area (Å²) in [6.45, 7) is 15.8. The van der Waals surface area contributed by atoms with Crippen LogP contribution < -0.4 is 0 Å². The molecule has 132 valence electrons. The van der Waals surface area contributed by atoms with E-state index >= 15 is 0 Å². The summed E-state index contributed by atoms with van der Waals surface area (Å²) < 4.78 is 23.0. The van der Waals surface area contributed by atoms with Crippen molar-refractivity contribution in [3.05, 3.63) is 0 Å². The van der Waals surface area contributed by atoms with Crippen molar-refractivity contribution in [2.24, 2.45) is 16.7 Å². The van der Waals surface area contributed by atoms with E-state index in [1.807, 2.05) is 6.92 Å². The van der Waals surface area contributed by atoms with Gasteiger partial charge in [-0.25, -0.2) is 0 Å². The third-order valence-corrected chi connectivity index (χ3v) is 4.15. The summed E-state index contributed by atoms with van der Waals surface area (Å²) >= 11 is 0. The van der Waals surface area contributed by atoms with Crippen LogP contribution in [0.2, 0.25) is 0 Å². The highest BCUT2D eigenvalue weighted by molar-refractivity contribution is 4.83. The van der Waals surface area contributed by atoms with E-state index in [9.17, 15) is 5.11 Å². The average molecular weight is 318 g/mol. The highest BCUT2D eigenvalue weighted by Gasteiger charge is 2.40. The molecule has 1 aliphatic rings. The predicted molar refractivity (Wildman–Crippen MR) is 85.7 cm³/mol. The van der Waals surface area contributed by atoms with E-state index in [4.69, 9.17) is 18.9 Å². The fourth-order valence-electron chi connectivity index (χ4n) is 2.45. The van der Waals surface area contributed by atoms with Crippen LogP contribution in [-0.4, -0.2) is 57.1 Å². The van der Waals surface area contributed by atoms with Gasteiger partial charge in [0.1, 0.15) is 0 Å². The Hall–Kier alpha value is -0.200. The quantitative estimate of drug-likeness (QED) is 0.708. The van der Waals surface area contributed by atoms with Crippen molar-refractivity contribution >= 4 is 0 Å². The Kier molecular flexibility index (Phi) is 7.75. The Morgan fingerprint density at radius 2 is 1.59 bits per heavy atom. The Balaban J connectivity index is 2.43. The van der Waals surface area contributed by atoms with Gasteiger partial charge in [0.2, 0.25) is 0 Å². The van der Waals surface area contributed by atoms with Gasteiger partial charge in [-0.3, -0.25) is 0 Å². The molecule has 1 fully saturated rings. The molecule has 0 aliphatic carbocycles. The van der Waals surface area contributed by atoms with Gasteiger partial charge in [-0.15, -0.1) is 0 Å². The first-order chi connectivity index (χ1) is 10.2. The summed E-state index contributed by atoms with van der Waals surface area (Å²) in [6.07, 6.45) is -0.664. The largest absolute Gasteiger partial charge is 0.391 e. The number of aliphatic hydroxyl groups excluding tert-OH is 1. The summed E-state index contributed by atoms with van der Waals surface area (Å²) in [5.74, 6) is 0.278. The van der Waals surface area contributed by atoms with Crippen LogP contribution in [0.15, 0.2) is 0 Å². The summed E-state index contributed by atoms with van der Waals surface area (Å²) in [7, 11) is 0. The van der Waals surface area contributed by atoms with Gasteiger partial charge < -0.3 is 24.1 Å². The molecule has 1 rings (SSSR count). The zero-order chi connectivity index (χ0) is 16.8. The summed E-state index contributed by atoms with van der Waals surface area (Å²) in [5, 5.41) is 9.27. The van der Waals surface area contributed by atoms with Crippen molar-refractivity contribution in [2.45, 2.75) is 53.9 Å². The minimum absolute atomic E-state index is 0.0517. The second-order valence-corrected chi connectivity index (χ2v) is 7.67. The molecule has 1 saturated heterocycles.